The molecule has 3 aromatic rings. The number of aryl methyl sites for hydroxylation is 1. The van der Waals surface area contributed by atoms with Gasteiger partial charge < -0.3 is 14.6 Å². The minimum atomic E-state index is -1.15. The Morgan fingerprint density at radius 2 is 1.50 bits per heavy atom. The van der Waals surface area contributed by atoms with Gasteiger partial charge in [-0.05, 0) is 74.9 Å². The van der Waals surface area contributed by atoms with E-state index in [1.54, 1.807) is 14.0 Å². The van der Waals surface area contributed by atoms with Crippen molar-refractivity contribution in [1.29, 1.82) is 0 Å². The summed E-state index contributed by atoms with van der Waals surface area (Å²) in [5, 5.41) is 14.6. The lowest BCUT2D eigenvalue weighted by molar-refractivity contribution is -0.00962. The van der Waals surface area contributed by atoms with Gasteiger partial charge in [-0.3, -0.25) is 5.32 Å². The van der Waals surface area contributed by atoms with Crippen molar-refractivity contribution >= 4 is 0 Å². The highest BCUT2D eigenvalue weighted by atomic mass is 16.5. The van der Waals surface area contributed by atoms with Gasteiger partial charge in [0.25, 0.3) is 0 Å². The van der Waals surface area contributed by atoms with Crippen LogP contribution < -0.4 is 14.8 Å². The molecule has 0 saturated carbocycles. The summed E-state index contributed by atoms with van der Waals surface area (Å²) < 4.78 is 11.3. The summed E-state index contributed by atoms with van der Waals surface area (Å²) in [5.74, 6) is 1.71. The molecule has 0 spiro atoms. The molecule has 0 radical (unpaired) electrons. The van der Waals surface area contributed by atoms with Gasteiger partial charge in [0.1, 0.15) is 23.8 Å². The molecule has 32 heavy (non-hydrogen) atoms. The fraction of sp³-hybridized carbons (Fsp3) is 0.357. The number of nitrogens with one attached hydrogen (secondary N) is 1. The number of ether oxygens (including phenoxy) is 2. The van der Waals surface area contributed by atoms with Crippen molar-refractivity contribution in [3.05, 3.63) is 95.6 Å². The molecule has 0 heterocycles. The molecule has 3 aromatic carbocycles. The van der Waals surface area contributed by atoms with Gasteiger partial charge in [-0.1, -0.05) is 60.7 Å². The Labute approximate surface area is 192 Å². The SMILES string of the molecule is COc1ccccc1CCCC(C)(C)NC(C)(O)c1ccc(OCc2ccccc2)cc1. The van der Waals surface area contributed by atoms with Gasteiger partial charge in [0.05, 0.1) is 7.11 Å². The Kier molecular flexibility index (Phi) is 7.94. The second-order valence-corrected chi connectivity index (χ2v) is 9.05. The fourth-order valence-electron chi connectivity index (χ4n) is 4.04. The van der Waals surface area contributed by atoms with Crippen LogP contribution in [0.25, 0.3) is 0 Å². The van der Waals surface area contributed by atoms with E-state index < -0.39 is 5.72 Å². The first-order valence-corrected chi connectivity index (χ1v) is 11.2. The number of hydrogen-bond acceptors (Lipinski definition) is 4. The first-order chi connectivity index (χ1) is 15.3. The number of rotatable bonds is 11. The second-order valence-electron chi connectivity index (χ2n) is 9.05. The normalized spacial score (nSPS) is 13.4. The van der Waals surface area contributed by atoms with Crippen LogP contribution in [-0.2, 0) is 18.8 Å². The van der Waals surface area contributed by atoms with E-state index in [-0.39, 0.29) is 5.54 Å². The predicted octanol–water partition coefficient (Wildman–Crippen LogP) is 5.83. The van der Waals surface area contributed by atoms with E-state index in [0.29, 0.717) is 6.61 Å². The van der Waals surface area contributed by atoms with Crippen LogP contribution in [0.4, 0.5) is 0 Å². The molecule has 0 aliphatic heterocycles. The average molecular weight is 434 g/mol. The average Bonchev–Trinajstić information content (AvgIpc) is 2.78. The molecule has 4 heteroatoms. The molecule has 0 bridgehead atoms. The summed E-state index contributed by atoms with van der Waals surface area (Å²) in [4.78, 5) is 0. The molecule has 170 valence electrons. The third kappa shape index (κ3) is 6.84. The van der Waals surface area contributed by atoms with Crippen molar-refractivity contribution < 1.29 is 14.6 Å². The van der Waals surface area contributed by atoms with Gasteiger partial charge in [-0.25, -0.2) is 0 Å². The summed E-state index contributed by atoms with van der Waals surface area (Å²) in [6.45, 7) is 6.57. The molecule has 3 rings (SSSR count). The van der Waals surface area contributed by atoms with Crippen molar-refractivity contribution in [2.24, 2.45) is 0 Å². The molecule has 4 nitrogen and oxygen atoms in total. The van der Waals surface area contributed by atoms with E-state index in [9.17, 15) is 5.11 Å². The number of benzene rings is 3. The second kappa shape index (κ2) is 10.7. The molecule has 1 unspecified atom stereocenters. The van der Waals surface area contributed by atoms with Crippen molar-refractivity contribution in [1.82, 2.24) is 5.32 Å². The number of aliphatic hydroxyl groups is 1. The highest BCUT2D eigenvalue weighted by Gasteiger charge is 2.30. The monoisotopic (exact) mass is 433 g/mol. The minimum Gasteiger partial charge on any atom is -0.496 e. The van der Waals surface area contributed by atoms with Gasteiger partial charge in [-0.2, -0.15) is 0 Å². The van der Waals surface area contributed by atoms with Crippen LogP contribution in [-0.4, -0.2) is 17.8 Å². The molecule has 0 aromatic heterocycles. The predicted molar refractivity (Wildman–Crippen MR) is 130 cm³/mol. The fourth-order valence-corrected chi connectivity index (χ4v) is 4.04. The Bertz CT molecular complexity index is 965. The third-order valence-corrected chi connectivity index (χ3v) is 5.69. The highest BCUT2D eigenvalue weighted by Crippen LogP contribution is 2.27. The van der Waals surface area contributed by atoms with E-state index >= 15 is 0 Å². The first kappa shape index (κ1) is 23.8. The van der Waals surface area contributed by atoms with Gasteiger partial charge in [0.2, 0.25) is 0 Å². The molecule has 0 aliphatic rings. The number of para-hydroxylation sites is 1. The third-order valence-electron chi connectivity index (χ3n) is 5.69. The zero-order valence-corrected chi connectivity index (χ0v) is 19.6. The van der Waals surface area contributed by atoms with Crippen molar-refractivity contribution in [2.75, 3.05) is 7.11 Å². The van der Waals surface area contributed by atoms with Crippen LogP contribution in [0.2, 0.25) is 0 Å². The molecule has 2 N–H and O–H groups in total. The lowest BCUT2D eigenvalue weighted by Gasteiger charge is -2.36. The molecule has 0 fully saturated rings. The summed E-state index contributed by atoms with van der Waals surface area (Å²) >= 11 is 0. The first-order valence-electron chi connectivity index (χ1n) is 11.2. The maximum absolute atomic E-state index is 11.1. The Balaban J connectivity index is 1.54. The van der Waals surface area contributed by atoms with Crippen molar-refractivity contribution in [3.63, 3.8) is 0 Å². The molecule has 1 atom stereocenters. The van der Waals surface area contributed by atoms with E-state index in [2.05, 4.69) is 25.2 Å². The Morgan fingerprint density at radius 3 is 2.19 bits per heavy atom. The molecule has 0 amide bonds. The Hall–Kier alpha value is -2.82. The van der Waals surface area contributed by atoms with Crippen molar-refractivity contribution in [3.8, 4) is 11.5 Å². The lowest BCUT2D eigenvalue weighted by atomic mass is 9.92. The maximum atomic E-state index is 11.1. The van der Waals surface area contributed by atoms with E-state index in [1.165, 1.54) is 5.56 Å². The van der Waals surface area contributed by atoms with Gasteiger partial charge in [0, 0.05) is 5.54 Å². The Morgan fingerprint density at radius 1 is 0.844 bits per heavy atom. The van der Waals surface area contributed by atoms with Gasteiger partial charge in [-0.15, -0.1) is 0 Å². The number of hydrogen-bond donors (Lipinski definition) is 2. The lowest BCUT2D eigenvalue weighted by Crippen LogP contribution is -2.51. The smallest absolute Gasteiger partial charge is 0.139 e. The number of methoxy groups -OCH3 is 1. The largest absolute Gasteiger partial charge is 0.496 e. The minimum absolute atomic E-state index is 0.242. The quantitative estimate of drug-likeness (QED) is 0.374. The zero-order valence-electron chi connectivity index (χ0n) is 19.6. The molecule has 0 aliphatic carbocycles. The molecule has 0 saturated heterocycles. The van der Waals surface area contributed by atoms with Crippen molar-refractivity contribution in [2.45, 2.75) is 57.9 Å². The molecular weight excluding hydrogens is 398 g/mol. The summed E-state index contributed by atoms with van der Waals surface area (Å²) in [5.41, 5.74) is 1.76. The van der Waals surface area contributed by atoms with Crippen LogP contribution >= 0.6 is 0 Å². The van der Waals surface area contributed by atoms with Crippen LogP contribution in [0.3, 0.4) is 0 Å². The van der Waals surface area contributed by atoms with E-state index in [4.69, 9.17) is 9.47 Å². The van der Waals surface area contributed by atoms with Crippen LogP contribution in [0.5, 0.6) is 11.5 Å². The van der Waals surface area contributed by atoms with E-state index in [1.807, 2.05) is 72.8 Å². The molecular formula is C28H35NO3. The highest BCUT2D eigenvalue weighted by molar-refractivity contribution is 5.33. The van der Waals surface area contributed by atoms with Crippen LogP contribution in [0, 0.1) is 0 Å². The van der Waals surface area contributed by atoms with E-state index in [0.717, 1.165) is 41.9 Å². The van der Waals surface area contributed by atoms with Crippen LogP contribution in [0.15, 0.2) is 78.9 Å². The standard InChI is InChI=1S/C28H35NO3/c1-27(2,20-10-14-23-13-8-9-15-26(23)31-4)29-28(3,30)24-16-18-25(19-17-24)32-21-22-11-6-5-7-12-22/h5-9,11-13,15-19,29-30H,10,14,20-21H2,1-4H3. The van der Waals surface area contributed by atoms with Gasteiger partial charge >= 0.3 is 0 Å². The summed E-state index contributed by atoms with van der Waals surface area (Å²) in [7, 11) is 1.71. The van der Waals surface area contributed by atoms with Gasteiger partial charge in [0.15, 0.2) is 0 Å². The maximum Gasteiger partial charge on any atom is 0.139 e. The zero-order chi connectivity index (χ0) is 23.0. The summed E-state index contributed by atoms with van der Waals surface area (Å²) in [6, 6.07) is 25.9. The van der Waals surface area contributed by atoms with Crippen LogP contribution in [0.1, 0.15) is 50.3 Å². The summed E-state index contributed by atoms with van der Waals surface area (Å²) in [6.07, 6.45) is 2.84. The topological polar surface area (TPSA) is 50.7 Å².